The summed E-state index contributed by atoms with van der Waals surface area (Å²) >= 11 is 6.19. The highest BCUT2D eigenvalue weighted by Gasteiger charge is 2.36. The molecule has 0 atom stereocenters. The molecule has 0 spiro atoms. The van der Waals surface area contributed by atoms with Crippen molar-refractivity contribution in [3.8, 4) is 0 Å². The van der Waals surface area contributed by atoms with E-state index in [1.807, 2.05) is 13.8 Å². The van der Waals surface area contributed by atoms with E-state index in [1.54, 1.807) is 50.9 Å². The van der Waals surface area contributed by atoms with Crippen LogP contribution in [0.5, 0.6) is 0 Å². The van der Waals surface area contributed by atoms with Gasteiger partial charge in [0.2, 0.25) is 0 Å². The lowest BCUT2D eigenvalue weighted by molar-refractivity contribution is -0.141. The van der Waals surface area contributed by atoms with E-state index in [0.29, 0.717) is 28.9 Å². The molecule has 2 amide bonds. The predicted molar refractivity (Wildman–Crippen MR) is 137 cm³/mol. The number of hydrogen-bond acceptors (Lipinski definition) is 4. The van der Waals surface area contributed by atoms with Crippen molar-refractivity contribution in [2.24, 2.45) is 0 Å². The second kappa shape index (κ2) is 13.2. The minimum Gasteiger partial charge on any atom is -0.372 e. The molecule has 1 aromatic carbocycles. The van der Waals surface area contributed by atoms with Gasteiger partial charge in [-0.1, -0.05) is 37.6 Å². The number of carbonyl (C=O) groups is 2. The minimum atomic E-state index is -4.76. The van der Waals surface area contributed by atoms with Gasteiger partial charge >= 0.3 is 6.18 Å². The fraction of sp³-hybridized carbons (Fsp3) is 0.400. The first-order valence-electron chi connectivity index (χ1n) is 11.3. The molecule has 0 aliphatic heterocycles. The molecule has 0 bridgehead atoms. The summed E-state index contributed by atoms with van der Waals surface area (Å²) in [5.74, 6) is -1.29. The Morgan fingerprint density at radius 3 is 2.31 bits per heavy atom. The molecule has 2 aromatic rings. The van der Waals surface area contributed by atoms with E-state index >= 15 is 0 Å². The molecule has 0 aliphatic carbocycles. The highest BCUT2D eigenvalue weighted by molar-refractivity contribution is 6.29. The van der Waals surface area contributed by atoms with Gasteiger partial charge in [0.25, 0.3) is 11.8 Å². The molecule has 7 nitrogen and oxygen atoms in total. The normalized spacial score (nSPS) is 11.6. The lowest BCUT2D eigenvalue weighted by Gasteiger charge is -2.23. The molecular weight excluding hydrogens is 495 g/mol. The molecule has 0 saturated carbocycles. The summed E-state index contributed by atoms with van der Waals surface area (Å²) in [7, 11) is 3.14. The maximum absolute atomic E-state index is 13.4. The van der Waals surface area contributed by atoms with Gasteiger partial charge in [-0.2, -0.15) is 18.3 Å². The number of rotatable bonds is 8. The van der Waals surface area contributed by atoms with Crippen molar-refractivity contribution in [2.45, 2.75) is 47.3 Å². The van der Waals surface area contributed by atoms with Crippen LogP contribution in [0.4, 0.5) is 18.9 Å². The maximum atomic E-state index is 13.4. The van der Waals surface area contributed by atoms with Crippen LogP contribution in [0.15, 0.2) is 41.6 Å². The SMILES string of the molecule is C=CCN(C)/C(Cn1nc(C(F)(F)F)cc1C(=O)Nc1c(C)cc(C)cc1C(=O)NC)=C(\C)Cl.CC. The molecule has 0 radical (unpaired) electrons. The Bertz CT molecular complexity index is 1140. The number of nitrogens with zero attached hydrogens (tertiary/aromatic N) is 3. The van der Waals surface area contributed by atoms with E-state index < -0.39 is 23.7 Å². The highest BCUT2D eigenvalue weighted by atomic mass is 35.5. The quantitative estimate of drug-likeness (QED) is 0.429. The van der Waals surface area contributed by atoms with E-state index in [4.69, 9.17) is 11.6 Å². The molecule has 2 rings (SSSR count). The third-order valence-corrected chi connectivity index (χ3v) is 5.27. The van der Waals surface area contributed by atoms with E-state index in [2.05, 4.69) is 22.3 Å². The summed E-state index contributed by atoms with van der Waals surface area (Å²) in [6.07, 6.45) is -3.15. The first-order valence-corrected chi connectivity index (χ1v) is 11.6. The van der Waals surface area contributed by atoms with Crippen molar-refractivity contribution < 1.29 is 22.8 Å². The number of nitrogens with one attached hydrogen (secondary N) is 2. The number of hydrogen-bond donors (Lipinski definition) is 2. The number of carbonyl (C=O) groups excluding carboxylic acids is 2. The van der Waals surface area contributed by atoms with Crippen molar-refractivity contribution in [1.29, 1.82) is 0 Å². The van der Waals surface area contributed by atoms with Crippen molar-refractivity contribution >= 4 is 29.1 Å². The number of alkyl halides is 3. The van der Waals surface area contributed by atoms with Crippen LogP contribution in [0.2, 0.25) is 0 Å². The summed E-state index contributed by atoms with van der Waals surface area (Å²) in [6, 6.07) is 4.01. The molecule has 198 valence electrons. The summed E-state index contributed by atoms with van der Waals surface area (Å²) in [6.45, 7) is 12.9. The maximum Gasteiger partial charge on any atom is 0.435 e. The van der Waals surface area contributed by atoms with Crippen LogP contribution in [-0.2, 0) is 12.7 Å². The van der Waals surface area contributed by atoms with E-state index in [-0.39, 0.29) is 23.5 Å². The van der Waals surface area contributed by atoms with Crippen LogP contribution >= 0.6 is 11.6 Å². The number of allylic oxidation sites excluding steroid dienone is 2. The Kier molecular flexibility index (Phi) is 11.2. The minimum absolute atomic E-state index is 0.187. The third-order valence-electron chi connectivity index (χ3n) is 5.05. The highest BCUT2D eigenvalue weighted by Crippen LogP contribution is 2.30. The zero-order valence-corrected chi connectivity index (χ0v) is 22.4. The fourth-order valence-corrected chi connectivity index (χ4v) is 3.63. The van der Waals surface area contributed by atoms with E-state index in [1.165, 1.54) is 7.05 Å². The Hall–Kier alpha value is -3.27. The van der Waals surface area contributed by atoms with Gasteiger partial charge in [0, 0.05) is 37.4 Å². The number of benzene rings is 1. The Morgan fingerprint density at radius 2 is 1.81 bits per heavy atom. The number of amides is 2. The van der Waals surface area contributed by atoms with Gasteiger partial charge in [-0.3, -0.25) is 14.3 Å². The number of aryl methyl sites for hydroxylation is 2. The lowest BCUT2D eigenvalue weighted by Crippen LogP contribution is -2.26. The Labute approximate surface area is 215 Å². The van der Waals surface area contributed by atoms with Crippen molar-refractivity contribution in [2.75, 3.05) is 26.0 Å². The van der Waals surface area contributed by atoms with Gasteiger partial charge in [-0.05, 0) is 38.0 Å². The van der Waals surface area contributed by atoms with Gasteiger partial charge in [0.05, 0.1) is 17.8 Å². The first kappa shape index (κ1) is 30.8. The molecule has 0 fully saturated rings. The molecule has 36 heavy (non-hydrogen) atoms. The van der Waals surface area contributed by atoms with Gasteiger partial charge in [-0.15, -0.1) is 6.58 Å². The molecule has 0 saturated heterocycles. The molecular formula is C25H33ClF3N5O2. The predicted octanol–water partition coefficient (Wildman–Crippen LogP) is 5.74. The van der Waals surface area contributed by atoms with Crippen LogP contribution in [0.3, 0.4) is 0 Å². The van der Waals surface area contributed by atoms with Gasteiger partial charge < -0.3 is 15.5 Å². The number of halogens is 4. The smallest absolute Gasteiger partial charge is 0.372 e. The molecule has 1 heterocycles. The van der Waals surface area contributed by atoms with Crippen LogP contribution in [0.1, 0.15) is 58.4 Å². The second-order valence-corrected chi connectivity index (χ2v) is 8.32. The van der Waals surface area contributed by atoms with Gasteiger partial charge in [0.1, 0.15) is 5.69 Å². The third kappa shape index (κ3) is 7.61. The van der Waals surface area contributed by atoms with Crippen LogP contribution in [-0.4, -0.2) is 47.1 Å². The number of likely N-dealkylation sites (N-methyl/N-ethyl adjacent to an activating group) is 1. The topological polar surface area (TPSA) is 79.3 Å². The molecule has 11 heteroatoms. The molecule has 2 N–H and O–H groups in total. The monoisotopic (exact) mass is 527 g/mol. The zero-order valence-electron chi connectivity index (χ0n) is 21.6. The molecule has 1 aromatic heterocycles. The summed E-state index contributed by atoms with van der Waals surface area (Å²) in [5.41, 5.74) is 0.668. The summed E-state index contributed by atoms with van der Waals surface area (Å²) in [4.78, 5) is 27.2. The standard InChI is InChI=1S/C23H27ClF3N5O2.C2H6/c1-7-8-31(6)18(15(4)24)12-32-17(11-19(30-32)23(25,26)27)22(34)29-20-14(3)9-13(2)10-16(20)21(33)28-5;1-2/h7,9-11H,1,8,12H2,2-6H3,(H,28,33)(H,29,34);1-2H3/b18-15+;. The van der Waals surface area contributed by atoms with Crippen LogP contribution < -0.4 is 10.6 Å². The summed E-state index contributed by atoms with van der Waals surface area (Å²) < 4.78 is 41.3. The first-order chi connectivity index (χ1) is 16.8. The van der Waals surface area contributed by atoms with E-state index in [9.17, 15) is 22.8 Å². The zero-order chi connectivity index (χ0) is 27.8. The van der Waals surface area contributed by atoms with Gasteiger partial charge in [-0.25, -0.2) is 0 Å². The average Bonchev–Trinajstić information content (AvgIpc) is 3.24. The molecule has 0 unspecified atom stereocenters. The molecule has 0 aliphatic rings. The average molecular weight is 528 g/mol. The van der Waals surface area contributed by atoms with Crippen molar-refractivity contribution in [3.05, 3.63) is 69.7 Å². The number of anilines is 1. The Morgan fingerprint density at radius 1 is 1.19 bits per heavy atom. The van der Waals surface area contributed by atoms with E-state index in [0.717, 1.165) is 10.2 Å². The number of aromatic nitrogens is 2. The van der Waals surface area contributed by atoms with Crippen LogP contribution in [0.25, 0.3) is 0 Å². The van der Waals surface area contributed by atoms with Gasteiger partial charge in [0.15, 0.2) is 5.69 Å². The largest absolute Gasteiger partial charge is 0.435 e. The Balaban J connectivity index is 0.00000316. The fourth-order valence-electron chi connectivity index (χ4n) is 3.42. The van der Waals surface area contributed by atoms with Crippen LogP contribution in [0, 0.1) is 13.8 Å². The van der Waals surface area contributed by atoms with Crippen molar-refractivity contribution in [3.63, 3.8) is 0 Å². The second-order valence-electron chi connectivity index (χ2n) is 7.76. The lowest BCUT2D eigenvalue weighted by atomic mass is 10.0. The summed E-state index contributed by atoms with van der Waals surface area (Å²) in [5, 5.41) is 9.04. The van der Waals surface area contributed by atoms with Crippen molar-refractivity contribution in [1.82, 2.24) is 20.0 Å².